The first-order valence-corrected chi connectivity index (χ1v) is 6.96. The molecule has 1 aromatic rings. The quantitative estimate of drug-likeness (QED) is 0.545. The standard InChI is InChI=1S/C17H24O3/c1-13(2)6-5-7-14(3)10-17(20-15(4)18)11-16-8-9-19-12-16/h6,8-10,12,17H,5,7,11H2,1-4H3. The van der Waals surface area contributed by atoms with Crippen molar-refractivity contribution in [3.05, 3.63) is 47.5 Å². The van der Waals surface area contributed by atoms with Gasteiger partial charge in [0.1, 0.15) is 6.10 Å². The Hall–Kier alpha value is -1.77. The highest BCUT2D eigenvalue weighted by Crippen LogP contribution is 2.13. The van der Waals surface area contributed by atoms with Crippen LogP contribution in [0.1, 0.15) is 46.1 Å². The highest BCUT2D eigenvalue weighted by molar-refractivity contribution is 5.66. The van der Waals surface area contributed by atoms with Crippen LogP contribution in [0.15, 0.2) is 46.3 Å². The van der Waals surface area contributed by atoms with Gasteiger partial charge in [0.25, 0.3) is 0 Å². The Bertz CT molecular complexity index is 462. The summed E-state index contributed by atoms with van der Waals surface area (Å²) in [5.74, 6) is -0.258. The summed E-state index contributed by atoms with van der Waals surface area (Å²) in [6.07, 6.45) is 9.99. The fourth-order valence-corrected chi connectivity index (χ4v) is 1.98. The van der Waals surface area contributed by atoms with Gasteiger partial charge in [-0.1, -0.05) is 17.2 Å². The summed E-state index contributed by atoms with van der Waals surface area (Å²) >= 11 is 0. The molecule has 0 saturated heterocycles. The molecular weight excluding hydrogens is 252 g/mol. The van der Waals surface area contributed by atoms with Crippen LogP contribution in [0.3, 0.4) is 0 Å². The molecular formula is C17H24O3. The van der Waals surface area contributed by atoms with Gasteiger partial charge >= 0.3 is 5.97 Å². The zero-order valence-electron chi connectivity index (χ0n) is 12.8. The average Bonchev–Trinajstić information content (AvgIpc) is 2.80. The van der Waals surface area contributed by atoms with Crippen molar-refractivity contribution in [3.63, 3.8) is 0 Å². The maximum atomic E-state index is 11.2. The predicted molar refractivity (Wildman–Crippen MR) is 80.4 cm³/mol. The van der Waals surface area contributed by atoms with Crippen molar-refractivity contribution < 1.29 is 13.9 Å². The molecule has 1 unspecified atom stereocenters. The van der Waals surface area contributed by atoms with Gasteiger partial charge < -0.3 is 9.15 Å². The van der Waals surface area contributed by atoms with E-state index in [-0.39, 0.29) is 12.1 Å². The lowest BCUT2D eigenvalue weighted by atomic mass is 10.1. The monoisotopic (exact) mass is 276 g/mol. The van der Waals surface area contributed by atoms with E-state index < -0.39 is 0 Å². The summed E-state index contributed by atoms with van der Waals surface area (Å²) in [4.78, 5) is 11.2. The molecule has 0 saturated carbocycles. The third-order valence-electron chi connectivity index (χ3n) is 2.90. The number of hydrogen-bond acceptors (Lipinski definition) is 3. The largest absolute Gasteiger partial charge is 0.472 e. The maximum Gasteiger partial charge on any atom is 0.303 e. The van der Waals surface area contributed by atoms with Crippen LogP contribution in [0.2, 0.25) is 0 Å². The molecule has 1 atom stereocenters. The molecule has 1 heterocycles. The van der Waals surface area contributed by atoms with Crippen molar-refractivity contribution >= 4 is 5.97 Å². The molecule has 0 fully saturated rings. The van der Waals surface area contributed by atoms with Crippen LogP contribution in [0.25, 0.3) is 0 Å². The van der Waals surface area contributed by atoms with Crippen LogP contribution in [0.4, 0.5) is 0 Å². The van der Waals surface area contributed by atoms with E-state index in [2.05, 4.69) is 26.8 Å². The zero-order chi connectivity index (χ0) is 15.0. The first-order valence-electron chi connectivity index (χ1n) is 6.96. The molecule has 1 aromatic heterocycles. The molecule has 3 nitrogen and oxygen atoms in total. The van der Waals surface area contributed by atoms with Crippen LogP contribution >= 0.6 is 0 Å². The molecule has 0 radical (unpaired) electrons. The molecule has 20 heavy (non-hydrogen) atoms. The van der Waals surface area contributed by atoms with E-state index in [0.29, 0.717) is 6.42 Å². The van der Waals surface area contributed by atoms with Gasteiger partial charge in [0, 0.05) is 13.3 Å². The van der Waals surface area contributed by atoms with E-state index in [1.54, 1.807) is 12.5 Å². The maximum absolute atomic E-state index is 11.2. The van der Waals surface area contributed by atoms with Crippen molar-refractivity contribution in [1.82, 2.24) is 0 Å². The van der Waals surface area contributed by atoms with E-state index in [4.69, 9.17) is 9.15 Å². The molecule has 110 valence electrons. The third kappa shape index (κ3) is 6.98. The number of rotatable bonds is 7. The van der Waals surface area contributed by atoms with Crippen LogP contribution < -0.4 is 0 Å². The van der Waals surface area contributed by atoms with E-state index in [0.717, 1.165) is 18.4 Å². The van der Waals surface area contributed by atoms with Crippen LogP contribution in [0, 0.1) is 0 Å². The van der Waals surface area contributed by atoms with Crippen molar-refractivity contribution in [2.75, 3.05) is 0 Å². The van der Waals surface area contributed by atoms with Gasteiger partial charge in [-0.3, -0.25) is 4.79 Å². The number of hydrogen-bond donors (Lipinski definition) is 0. The molecule has 0 amide bonds. The van der Waals surface area contributed by atoms with Crippen molar-refractivity contribution in [2.45, 2.75) is 53.1 Å². The Morgan fingerprint density at radius 2 is 2.10 bits per heavy atom. The molecule has 0 N–H and O–H groups in total. The van der Waals surface area contributed by atoms with Gasteiger partial charge in [-0.05, 0) is 51.3 Å². The van der Waals surface area contributed by atoms with Gasteiger partial charge in [-0.25, -0.2) is 0 Å². The van der Waals surface area contributed by atoms with Crippen molar-refractivity contribution in [1.29, 1.82) is 0 Å². The van der Waals surface area contributed by atoms with Crippen molar-refractivity contribution in [2.24, 2.45) is 0 Å². The highest BCUT2D eigenvalue weighted by atomic mass is 16.5. The fourth-order valence-electron chi connectivity index (χ4n) is 1.98. The van der Waals surface area contributed by atoms with E-state index in [1.165, 1.54) is 18.1 Å². The molecule has 0 aliphatic rings. The van der Waals surface area contributed by atoms with E-state index in [9.17, 15) is 4.79 Å². The van der Waals surface area contributed by atoms with Crippen molar-refractivity contribution in [3.8, 4) is 0 Å². The summed E-state index contributed by atoms with van der Waals surface area (Å²) in [5, 5.41) is 0. The molecule has 0 spiro atoms. The minimum Gasteiger partial charge on any atom is -0.472 e. The number of esters is 1. The lowest BCUT2D eigenvalue weighted by Gasteiger charge is -2.13. The Balaban J connectivity index is 2.62. The molecule has 3 heteroatoms. The second-order valence-electron chi connectivity index (χ2n) is 5.32. The summed E-state index contributed by atoms with van der Waals surface area (Å²) in [6.45, 7) is 7.71. The van der Waals surface area contributed by atoms with Crippen LogP contribution in [-0.2, 0) is 16.0 Å². The number of allylic oxidation sites excluding steroid dienone is 3. The Morgan fingerprint density at radius 1 is 1.35 bits per heavy atom. The van der Waals surface area contributed by atoms with Crippen LogP contribution in [-0.4, -0.2) is 12.1 Å². The van der Waals surface area contributed by atoms with E-state index in [1.807, 2.05) is 12.1 Å². The SMILES string of the molecule is CC(=O)OC(C=C(C)CCC=C(C)C)Cc1ccoc1. The van der Waals surface area contributed by atoms with Gasteiger partial charge in [0.2, 0.25) is 0 Å². The lowest BCUT2D eigenvalue weighted by Crippen LogP contribution is -2.17. The number of carbonyl (C=O) groups excluding carboxylic acids is 1. The molecule has 0 aromatic carbocycles. The number of furan rings is 1. The molecule has 1 rings (SSSR count). The minimum atomic E-state index is -0.258. The average molecular weight is 276 g/mol. The van der Waals surface area contributed by atoms with Gasteiger partial charge in [-0.15, -0.1) is 0 Å². The second-order valence-corrected chi connectivity index (χ2v) is 5.32. The molecule has 0 bridgehead atoms. The molecule has 0 aliphatic heterocycles. The first-order chi connectivity index (χ1) is 9.47. The summed E-state index contributed by atoms with van der Waals surface area (Å²) in [7, 11) is 0. The highest BCUT2D eigenvalue weighted by Gasteiger charge is 2.11. The Kier molecular flexibility index (Phi) is 6.85. The zero-order valence-corrected chi connectivity index (χ0v) is 12.8. The van der Waals surface area contributed by atoms with Gasteiger partial charge in [0.15, 0.2) is 0 Å². The minimum absolute atomic E-state index is 0.225. The second kappa shape index (κ2) is 8.41. The summed E-state index contributed by atoms with van der Waals surface area (Å²) in [5.41, 5.74) is 3.59. The number of carbonyl (C=O) groups is 1. The Morgan fingerprint density at radius 3 is 2.65 bits per heavy atom. The third-order valence-corrected chi connectivity index (χ3v) is 2.90. The fraction of sp³-hybridized carbons (Fsp3) is 0.471. The van der Waals surface area contributed by atoms with Crippen LogP contribution in [0.5, 0.6) is 0 Å². The number of ether oxygens (including phenoxy) is 1. The van der Waals surface area contributed by atoms with E-state index >= 15 is 0 Å². The van der Waals surface area contributed by atoms with Gasteiger partial charge in [0.05, 0.1) is 12.5 Å². The molecule has 0 aliphatic carbocycles. The Labute approximate surface area is 121 Å². The summed E-state index contributed by atoms with van der Waals surface area (Å²) in [6, 6.07) is 1.89. The summed E-state index contributed by atoms with van der Waals surface area (Å²) < 4.78 is 10.4. The predicted octanol–water partition coefficient (Wildman–Crippen LogP) is 4.45. The smallest absolute Gasteiger partial charge is 0.303 e. The topological polar surface area (TPSA) is 39.4 Å². The van der Waals surface area contributed by atoms with Gasteiger partial charge in [-0.2, -0.15) is 0 Å². The lowest BCUT2D eigenvalue weighted by molar-refractivity contribution is -0.144. The normalized spacial score (nSPS) is 12.9. The first kappa shape index (κ1) is 16.3.